The summed E-state index contributed by atoms with van der Waals surface area (Å²) < 4.78 is 31.7. The van der Waals surface area contributed by atoms with Crippen molar-refractivity contribution in [3.05, 3.63) is 39.9 Å². The van der Waals surface area contributed by atoms with Crippen LogP contribution < -0.4 is 15.9 Å². The second-order valence-electron chi connectivity index (χ2n) is 10.5. The van der Waals surface area contributed by atoms with Crippen LogP contribution in [0.3, 0.4) is 0 Å². The lowest BCUT2D eigenvalue weighted by molar-refractivity contribution is -0.117. The van der Waals surface area contributed by atoms with Crippen LogP contribution in [0.25, 0.3) is 11.0 Å². The van der Waals surface area contributed by atoms with E-state index in [4.69, 9.17) is 11.6 Å². The highest BCUT2D eigenvalue weighted by Gasteiger charge is 2.50. The summed E-state index contributed by atoms with van der Waals surface area (Å²) in [5, 5.41) is 13.6. The number of nitrogens with one attached hydrogen (secondary N) is 1. The van der Waals surface area contributed by atoms with Crippen molar-refractivity contribution in [1.29, 1.82) is 0 Å². The molecule has 3 aromatic rings. The van der Waals surface area contributed by atoms with E-state index in [2.05, 4.69) is 15.3 Å². The Morgan fingerprint density at radius 2 is 1.97 bits per heavy atom. The fourth-order valence-corrected chi connectivity index (χ4v) is 4.42. The largest absolute Gasteiger partial charge is 0.390 e. The second kappa shape index (κ2) is 8.74. The lowest BCUT2D eigenvalue weighted by atomic mass is 9.80. The van der Waals surface area contributed by atoms with E-state index in [0.717, 1.165) is 5.52 Å². The molecular formula is C24H31ClF2N6O2. The van der Waals surface area contributed by atoms with Crippen LogP contribution in [0, 0.1) is 5.41 Å². The predicted molar refractivity (Wildman–Crippen MR) is 134 cm³/mol. The number of anilines is 3. The first-order chi connectivity index (χ1) is 16.2. The summed E-state index contributed by atoms with van der Waals surface area (Å²) in [5.41, 5.74) is -0.188. The third-order valence-electron chi connectivity index (χ3n) is 6.64. The number of rotatable bonds is 6. The molecule has 4 rings (SSSR count). The van der Waals surface area contributed by atoms with E-state index in [0.29, 0.717) is 35.9 Å². The first-order valence-corrected chi connectivity index (χ1v) is 11.9. The Balaban J connectivity index is 1.63. The van der Waals surface area contributed by atoms with Crippen LogP contribution in [0.1, 0.15) is 40.5 Å². The average Bonchev–Trinajstić information content (AvgIpc) is 2.99. The van der Waals surface area contributed by atoms with Crippen molar-refractivity contribution in [3.63, 3.8) is 0 Å². The summed E-state index contributed by atoms with van der Waals surface area (Å²) >= 11 is 6.35. The molecule has 1 aromatic carbocycles. The maximum atomic E-state index is 14.3. The highest BCUT2D eigenvalue weighted by Crippen LogP contribution is 2.43. The molecule has 1 aliphatic heterocycles. The van der Waals surface area contributed by atoms with Crippen LogP contribution in [-0.4, -0.2) is 48.8 Å². The zero-order chi connectivity index (χ0) is 25.8. The molecule has 0 unspecified atom stereocenters. The molecule has 0 amide bonds. The number of nitrogens with zero attached hydrogens (tertiary/aromatic N) is 5. The molecular weight excluding hydrogens is 478 g/mol. The normalized spacial score (nSPS) is 17.7. The van der Waals surface area contributed by atoms with E-state index >= 15 is 0 Å². The first-order valence-electron chi connectivity index (χ1n) is 11.5. The van der Waals surface area contributed by atoms with E-state index in [1.165, 1.54) is 6.20 Å². The van der Waals surface area contributed by atoms with Crippen molar-refractivity contribution >= 4 is 40.1 Å². The van der Waals surface area contributed by atoms with Crippen molar-refractivity contribution in [2.75, 3.05) is 23.3 Å². The Morgan fingerprint density at radius 1 is 1.26 bits per heavy atom. The highest BCUT2D eigenvalue weighted by molar-refractivity contribution is 6.32. The predicted octanol–water partition coefficient (Wildman–Crippen LogP) is 4.56. The number of hydrogen-bond donors (Lipinski definition) is 2. The van der Waals surface area contributed by atoms with Gasteiger partial charge in [0, 0.05) is 44.2 Å². The van der Waals surface area contributed by atoms with Crippen LogP contribution in [0.15, 0.2) is 29.2 Å². The minimum absolute atomic E-state index is 0.116. The number of piperidine rings is 1. The zero-order valence-electron chi connectivity index (χ0n) is 20.6. The zero-order valence-corrected chi connectivity index (χ0v) is 21.3. The van der Waals surface area contributed by atoms with Gasteiger partial charge in [0.15, 0.2) is 5.82 Å². The summed E-state index contributed by atoms with van der Waals surface area (Å²) in [6.07, 6.45) is 1.59. The molecule has 0 aliphatic carbocycles. The summed E-state index contributed by atoms with van der Waals surface area (Å²) in [5.74, 6) is -2.10. The lowest BCUT2D eigenvalue weighted by Gasteiger charge is -2.43. The van der Waals surface area contributed by atoms with Crippen molar-refractivity contribution in [3.8, 4) is 0 Å². The van der Waals surface area contributed by atoms with Gasteiger partial charge >= 0.3 is 5.69 Å². The van der Waals surface area contributed by atoms with Gasteiger partial charge in [0.25, 0.3) is 5.92 Å². The van der Waals surface area contributed by atoms with E-state index < -0.39 is 16.9 Å². The van der Waals surface area contributed by atoms with Crippen molar-refractivity contribution in [2.45, 2.75) is 58.6 Å². The number of hydrogen-bond acceptors (Lipinski definition) is 6. The molecule has 35 heavy (non-hydrogen) atoms. The molecule has 8 nitrogen and oxygen atoms in total. The standard InChI is InChI=1S/C24H31ClF2N6O2/c1-22(2)14-32(10-9-24(22,26)27)20-28-13-16(25)19(30-20)29-15-6-7-17-18(12-15)33(21(34)31(17)5)11-8-23(3,4)35/h6-7,12-13,35H,8-11,14H2,1-5H3,(H,28,29,30). The Bertz CT molecular complexity index is 1310. The SMILES string of the molecule is Cn1c(=O)n(CCC(C)(C)O)c2cc(Nc3nc(N4CCC(F)(F)C(C)(C)C4)ncc3Cl)ccc21. The van der Waals surface area contributed by atoms with Crippen molar-refractivity contribution < 1.29 is 13.9 Å². The van der Waals surface area contributed by atoms with E-state index in [-0.39, 0.29) is 30.2 Å². The number of aryl methyl sites for hydroxylation is 2. The minimum atomic E-state index is -2.76. The Kier molecular flexibility index (Phi) is 6.34. The topological polar surface area (TPSA) is 88.2 Å². The third kappa shape index (κ3) is 4.99. The van der Waals surface area contributed by atoms with Crippen LogP contribution in [-0.2, 0) is 13.6 Å². The molecule has 0 radical (unpaired) electrons. The summed E-state index contributed by atoms with van der Waals surface area (Å²) in [6.45, 7) is 7.11. The second-order valence-corrected chi connectivity index (χ2v) is 10.9. The number of aromatic nitrogens is 4. The molecule has 2 aromatic heterocycles. The molecule has 0 spiro atoms. The maximum Gasteiger partial charge on any atom is 0.328 e. The monoisotopic (exact) mass is 508 g/mol. The van der Waals surface area contributed by atoms with Gasteiger partial charge in [-0.15, -0.1) is 0 Å². The molecule has 0 atom stereocenters. The van der Waals surface area contributed by atoms with Crippen LogP contribution in [0.4, 0.5) is 26.2 Å². The first kappa shape index (κ1) is 25.4. The van der Waals surface area contributed by atoms with Gasteiger partial charge in [0.2, 0.25) is 5.95 Å². The number of benzene rings is 1. The quantitative estimate of drug-likeness (QED) is 0.507. The van der Waals surface area contributed by atoms with Gasteiger partial charge in [-0.05, 0) is 38.5 Å². The van der Waals surface area contributed by atoms with Gasteiger partial charge in [0.05, 0.1) is 22.8 Å². The number of halogens is 3. The van der Waals surface area contributed by atoms with Gasteiger partial charge in [-0.25, -0.2) is 18.6 Å². The lowest BCUT2D eigenvalue weighted by Crippen LogP contribution is -2.53. The van der Waals surface area contributed by atoms with Crippen LogP contribution in [0.5, 0.6) is 0 Å². The molecule has 11 heteroatoms. The smallest absolute Gasteiger partial charge is 0.328 e. The highest BCUT2D eigenvalue weighted by atomic mass is 35.5. The molecule has 2 N–H and O–H groups in total. The number of alkyl halides is 2. The summed E-state index contributed by atoms with van der Waals surface area (Å²) in [6, 6.07) is 5.46. The number of fused-ring (bicyclic) bond motifs is 1. The molecule has 1 saturated heterocycles. The van der Waals surface area contributed by atoms with Gasteiger partial charge < -0.3 is 15.3 Å². The van der Waals surface area contributed by atoms with Crippen molar-refractivity contribution in [2.24, 2.45) is 12.5 Å². The number of imidazole rings is 1. The molecule has 3 heterocycles. The van der Waals surface area contributed by atoms with Gasteiger partial charge in [0.1, 0.15) is 5.02 Å². The fraction of sp³-hybridized carbons (Fsp3) is 0.542. The van der Waals surface area contributed by atoms with Crippen LogP contribution >= 0.6 is 11.6 Å². The Morgan fingerprint density at radius 3 is 2.63 bits per heavy atom. The molecule has 0 bridgehead atoms. The molecule has 190 valence electrons. The number of aliphatic hydroxyl groups is 1. The Labute approximate surface area is 207 Å². The van der Waals surface area contributed by atoms with E-state index in [1.807, 2.05) is 18.2 Å². The van der Waals surface area contributed by atoms with Crippen molar-refractivity contribution in [1.82, 2.24) is 19.1 Å². The van der Waals surface area contributed by atoms with E-state index in [9.17, 15) is 18.7 Å². The molecule has 1 aliphatic rings. The third-order valence-corrected chi connectivity index (χ3v) is 6.92. The fourth-order valence-electron chi connectivity index (χ4n) is 4.28. The van der Waals surface area contributed by atoms with Crippen LogP contribution in [0.2, 0.25) is 5.02 Å². The molecule has 0 saturated carbocycles. The van der Waals surface area contributed by atoms with E-state index in [1.54, 1.807) is 48.8 Å². The average molecular weight is 509 g/mol. The van der Waals surface area contributed by atoms with Gasteiger partial charge in [-0.2, -0.15) is 4.98 Å². The summed E-state index contributed by atoms with van der Waals surface area (Å²) in [7, 11) is 1.70. The Hall–Kier alpha value is -2.72. The maximum absolute atomic E-state index is 14.3. The van der Waals surface area contributed by atoms with Gasteiger partial charge in [-0.3, -0.25) is 9.13 Å². The van der Waals surface area contributed by atoms with Gasteiger partial charge in [-0.1, -0.05) is 25.4 Å². The summed E-state index contributed by atoms with van der Waals surface area (Å²) in [4.78, 5) is 23.3. The minimum Gasteiger partial charge on any atom is -0.390 e. The molecule has 1 fully saturated rings.